The van der Waals surface area contributed by atoms with Crippen molar-refractivity contribution < 1.29 is 4.74 Å². The third kappa shape index (κ3) is 2.64. The molecule has 1 heterocycles. The molecular formula is C18H27NO. The van der Waals surface area contributed by atoms with Gasteiger partial charge >= 0.3 is 0 Å². The highest BCUT2D eigenvalue weighted by atomic mass is 16.5. The van der Waals surface area contributed by atoms with Gasteiger partial charge in [0.05, 0.1) is 6.10 Å². The molecule has 1 saturated heterocycles. The topological polar surface area (TPSA) is 21.3 Å². The van der Waals surface area contributed by atoms with Crippen LogP contribution < -0.4 is 5.32 Å². The van der Waals surface area contributed by atoms with Crippen LogP contribution in [0.3, 0.4) is 0 Å². The predicted molar refractivity (Wildman–Crippen MR) is 82.8 cm³/mol. The third-order valence-electron chi connectivity index (χ3n) is 5.18. The molecule has 0 spiro atoms. The highest BCUT2D eigenvalue weighted by molar-refractivity contribution is 5.15. The molecule has 2 aliphatic rings. The lowest BCUT2D eigenvalue weighted by Crippen LogP contribution is -2.69. The van der Waals surface area contributed by atoms with E-state index in [0.29, 0.717) is 17.6 Å². The zero-order chi connectivity index (χ0) is 14.0. The van der Waals surface area contributed by atoms with Gasteiger partial charge in [-0.25, -0.2) is 0 Å². The molecule has 3 unspecified atom stereocenters. The summed E-state index contributed by atoms with van der Waals surface area (Å²) in [6.07, 6.45) is 5.45. The third-order valence-corrected chi connectivity index (χ3v) is 5.18. The number of benzene rings is 1. The zero-order valence-corrected chi connectivity index (χ0v) is 12.8. The molecule has 1 aliphatic heterocycles. The average molecular weight is 273 g/mol. The number of fused-ring (bicyclic) bond motifs is 1. The molecule has 0 amide bonds. The van der Waals surface area contributed by atoms with Gasteiger partial charge < -0.3 is 10.1 Å². The summed E-state index contributed by atoms with van der Waals surface area (Å²) >= 11 is 0. The van der Waals surface area contributed by atoms with Gasteiger partial charge in [-0.15, -0.1) is 0 Å². The van der Waals surface area contributed by atoms with Crippen LogP contribution in [-0.4, -0.2) is 25.3 Å². The first kappa shape index (κ1) is 14.1. The van der Waals surface area contributed by atoms with Crippen molar-refractivity contribution in [2.45, 2.75) is 51.7 Å². The first-order chi connectivity index (χ1) is 9.69. The van der Waals surface area contributed by atoms with Crippen molar-refractivity contribution in [2.75, 3.05) is 13.2 Å². The van der Waals surface area contributed by atoms with Crippen molar-refractivity contribution in [3.63, 3.8) is 0 Å². The van der Waals surface area contributed by atoms with Gasteiger partial charge in [0.25, 0.3) is 0 Å². The molecule has 110 valence electrons. The Morgan fingerprint density at radius 3 is 2.85 bits per heavy atom. The van der Waals surface area contributed by atoms with Gasteiger partial charge in [0.1, 0.15) is 0 Å². The SMILES string of the molecule is CC1(C)C(NCCCc2ccccc2)C2CCCOC21. The van der Waals surface area contributed by atoms with E-state index < -0.39 is 0 Å². The molecule has 1 N–H and O–H groups in total. The number of aryl methyl sites for hydroxylation is 1. The van der Waals surface area contributed by atoms with E-state index in [0.717, 1.165) is 19.1 Å². The van der Waals surface area contributed by atoms with Gasteiger partial charge in [-0.3, -0.25) is 0 Å². The molecule has 0 aromatic heterocycles. The summed E-state index contributed by atoms with van der Waals surface area (Å²) in [4.78, 5) is 0. The molecule has 2 fully saturated rings. The molecule has 1 aromatic rings. The standard InChI is InChI=1S/C18H27NO/c1-18(2)16(15-11-7-13-20-17(15)18)19-12-6-10-14-8-4-3-5-9-14/h3-5,8-9,15-17,19H,6-7,10-13H2,1-2H3. The summed E-state index contributed by atoms with van der Waals surface area (Å²) in [7, 11) is 0. The lowest BCUT2D eigenvalue weighted by molar-refractivity contribution is -0.192. The van der Waals surface area contributed by atoms with Gasteiger partial charge in [-0.05, 0) is 37.8 Å². The first-order valence-electron chi connectivity index (χ1n) is 8.08. The molecule has 1 aliphatic carbocycles. The fourth-order valence-corrected chi connectivity index (χ4v) is 4.13. The minimum Gasteiger partial charge on any atom is -0.377 e. The molecule has 2 nitrogen and oxygen atoms in total. The highest BCUT2D eigenvalue weighted by Gasteiger charge is 2.57. The summed E-state index contributed by atoms with van der Waals surface area (Å²) in [5, 5.41) is 3.80. The second-order valence-electron chi connectivity index (χ2n) is 6.94. The molecule has 20 heavy (non-hydrogen) atoms. The van der Waals surface area contributed by atoms with Crippen LogP contribution in [0.15, 0.2) is 30.3 Å². The Labute approximate surface area is 122 Å². The number of ether oxygens (including phenoxy) is 1. The predicted octanol–water partition coefficient (Wildman–Crippen LogP) is 3.41. The number of rotatable bonds is 5. The maximum Gasteiger partial charge on any atom is 0.0684 e. The van der Waals surface area contributed by atoms with Crippen molar-refractivity contribution in [1.29, 1.82) is 0 Å². The number of hydrogen-bond acceptors (Lipinski definition) is 2. The first-order valence-corrected chi connectivity index (χ1v) is 8.08. The highest BCUT2D eigenvalue weighted by Crippen LogP contribution is 2.51. The summed E-state index contributed by atoms with van der Waals surface area (Å²) < 4.78 is 5.96. The lowest BCUT2D eigenvalue weighted by Gasteiger charge is -2.60. The van der Waals surface area contributed by atoms with E-state index in [4.69, 9.17) is 4.74 Å². The van der Waals surface area contributed by atoms with Crippen molar-refractivity contribution in [1.82, 2.24) is 5.32 Å². The Hall–Kier alpha value is -0.860. The summed E-state index contributed by atoms with van der Waals surface area (Å²) in [5.74, 6) is 0.746. The maximum atomic E-state index is 5.96. The average Bonchev–Trinajstić information content (AvgIpc) is 2.48. The minimum absolute atomic E-state index is 0.303. The molecule has 1 aromatic carbocycles. The van der Waals surface area contributed by atoms with E-state index >= 15 is 0 Å². The largest absolute Gasteiger partial charge is 0.377 e. The van der Waals surface area contributed by atoms with Crippen LogP contribution in [0.5, 0.6) is 0 Å². The normalized spacial score (nSPS) is 31.4. The minimum atomic E-state index is 0.303. The van der Waals surface area contributed by atoms with Gasteiger partial charge in [0, 0.05) is 24.0 Å². The van der Waals surface area contributed by atoms with Crippen molar-refractivity contribution in [3.8, 4) is 0 Å². The maximum absolute atomic E-state index is 5.96. The Morgan fingerprint density at radius 1 is 1.25 bits per heavy atom. The van der Waals surface area contributed by atoms with Crippen molar-refractivity contribution in [3.05, 3.63) is 35.9 Å². The van der Waals surface area contributed by atoms with Crippen LogP contribution in [0.2, 0.25) is 0 Å². The van der Waals surface area contributed by atoms with Crippen LogP contribution >= 0.6 is 0 Å². The molecule has 2 heteroatoms. The van der Waals surface area contributed by atoms with Crippen molar-refractivity contribution in [2.24, 2.45) is 11.3 Å². The quantitative estimate of drug-likeness (QED) is 0.830. The summed E-state index contributed by atoms with van der Waals surface area (Å²) in [5.41, 5.74) is 1.75. The van der Waals surface area contributed by atoms with E-state index in [9.17, 15) is 0 Å². The van der Waals surface area contributed by atoms with Crippen LogP contribution in [0.1, 0.15) is 38.7 Å². The summed E-state index contributed by atoms with van der Waals surface area (Å²) in [6, 6.07) is 11.4. The van der Waals surface area contributed by atoms with Gasteiger partial charge in [-0.1, -0.05) is 44.2 Å². The van der Waals surface area contributed by atoms with E-state index in [2.05, 4.69) is 49.5 Å². The lowest BCUT2D eigenvalue weighted by atomic mass is 9.55. The molecule has 3 rings (SSSR count). The van der Waals surface area contributed by atoms with Crippen LogP contribution in [0.25, 0.3) is 0 Å². The molecule has 1 saturated carbocycles. The number of nitrogens with one attached hydrogen (secondary N) is 1. The van der Waals surface area contributed by atoms with E-state index in [1.54, 1.807) is 0 Å². The van der Waals surface area contributed by atoms with Crippen LogP contribution in [-0.2, 0) is 11.2 Å². The molecule has 0 radical (unpaired) electrons. The zero-order valence-electron chi connectivity index (χ0n) is 12.8. The molecule has 0 bridgehead atoms. The van der Waals surface area contributed by atoms with Crippen molar-refractivity contribution >= 4 is 0 Å². The fraction of sp³-hybridized carbons (Fsp3) is 0.667. The monoisotopic (exact) mass is 273 g/mol. The Bertz CT molecular complexity index is 428. The summed E-state index contributed by atoms with van der Waals surface area (Å²) in [6.45, 7) is 6.79. The van der Waals surface area contributed by atoms with Gasteiger partial charge in [0.15, 0.2) is 0 Å². The van der Waals surface area contributed by atoms with Gasteiger partial charge in [0.2, 0.25) is 0 Å². The molecule has 3 atom stereocenters. The van der Waals surface area contributed by atoms with Crippen LogP contribution in [0.4, 0.5) is 0 Å². The van der Waals surface area contributed by atoms with E-state index in [-0.39, 0.29) is 0 Å². The molecular weight excluding hydrogens is 246 g/mol. The van der Waals surface area contributed by atoms with Gasteiger partial charge in [-0.2, -0.15) is 0 Å². The smallest absolute Gasteiger partial charge is 0.0684 e. The number of hydrogen-bond donors (Lipinski definition) is 1. The Kier molecular flexibility index (Phi) is 4.13. The Balaban J connectivity index is 1.44. The second kappa shape index (κ2) is 5.87. The fourth-order valence-electron chi connectivity index (χ4n) is 4.13. The second-order valence-corrected chi connectivity index (χ2v) is 6.94. The Morgan fingerprint density at radius 2 is 2.05 bits per heavy atom. The van der Waals surface area contributed by atoms with E-state index in [1.165, 1.54) is 31.2 Å². The van der Waals surface area contributed by atoms with E-state index in [1.807, 2.05) is 0 Å². The van der Waals surface area contributed by atoms with Crippen LogP contribution in [0, 0.1) is 11.3 Å².